The van der Waals surface area contributed by atoms with Crippen LogP contribution in [0.5, 0.6) is 5.75 Å². The highest BCUT2D eigenvalue weighted by Crippen LogP contribution is 2.18. The molecule has 1 aromatic carbocycles. The van der Waals surface area contributed by atoms with Crippen LogP contribution in [0.2, 0.25) is 0 Å². The molecule has 0 saturated carbocycles. The van der Waals surface area contributed by atoms with Gasteiger partial charge in [0.05, 0.1) is 12.7 Å². The Morgan fingerprint density at radius 1 is 1.42 bits per heavy atom. The third-order valence-electron chi connectivity index (χ3n) is 3.66. The van der Waals surface area contributed by atoms with Gasteiger partial charge in [0.15, 0.2) is 0 Å². The van der Waals surface area contributed by atoms with Gasteiger partial charge in [-0.05, 0) is 38.4 Å². The predicted molar refractivity (Wildman–Crippen MR) is 75.6 cm³/mol. The quantitative estimate of drug-likeness (QED) is 0.872. The van der Waals surface area contributed by atoms with Gasteiger partial charge in [-0.2, -0.15) is 0 Å². The van der Waals surface area contributed by atoms with Crippen molar-refractivity contribution in [3.8, 4) is 5.75 Å². The standard InChI is InChI=1S/C15H22N2O2/c1-11(13-8-5-6-10-16-13)17-15(18)12-7-3-4-9-14(12)19-2/h3-4,7,9,11,13,16H,5-6,8,10H2,1-2H3,(H,17,18). The van der Waals surface area contributed by atoms with E-state index in [0.717, 1.165) is 13.0 Å². The Balaban J connectivity index is 1.99. The van der Waals surface area contributed by atoms with Crippen molar-refractivity contribution in [3.05, 3.63) is 29.8 Å². The molecule has 1 aromatic rings. The van der Waals surface area contributed by atoms with Gasteiger partial charge in [0.25, 0.3) is 5.91 Å². The summed E-state index contributed by atoms with van der Waals surface area (Å²) in [6.07, 6.45) is 3.57. The van der Waals surface area contributed by atoms with Crippen molar-refractivity contribution in [3.63, 3.8) is 0 Å². The van der Waals surface area contributed by atoms with Crippen molar-refractivity contribution >= 4 is 5.91 Å². The van der Waals surface area contributed by atoms with Gasteiger partial charge in [-0.15, -0.1) is 0 Å². The minimum absolute atomic E-state index is 0.0719. The second-order valence-corrected chi connectivity index (χ2v) is 5.02. The Morgan fingerprint density at radius 3 is 2.89 bits per heavy atom. The van der Waals surface area contributed by atoms with Crippen LogP contribution < -0.4 is 15.4 Å². The van der Waals surface area contributed by atoms with Gasteiger partial charge < -0.3 is 15.4 Å². The summed E-state index contributed by atoms with van der Waals surface area (Å²) in [5.41, 5.74) is 0.590. The SMILES string of the molecule is COc1ccccc1C(=O)NC(C)C1CCCCN1. The number of para-hydroxylation sites is 1. The van der Waals surface area contributed by atoms with Gasteiger partial charge in [0, 0.05) is 12.1 Å². The molecule has 4 heteroatoms. The van der Waals surface area contributed by atoms with Crippen molar-refractivity contribution in [1.29, 1.82) is 0 Å². The molecule has 1 heterocycles. The van der Waals surface area contributed by atoms with Crippen molar-refractivity contribution < 1.29 is 9.53 Å². The first-order valence-corrected chi connectivity index (χ1v) is 6.89. The van der Waals surface area contributed by atoms with E-state index in [4.69, 9.17) is 4.74 Å². The van der Waals surface area contributed by atoms with E-state index in [1.165, 1.54) is 12.8 Å². The van der Waals surface area contributed by atoms with E-state index >= 15 is 0 Å². The molecule has 19 heavy (non-hydrogen) atoms. The molecule has 0 radical (unpaired) electrons. The summed E-state index contributed by atoms with van der Waals surface area (Å²) < 4.78 is 5.22. The first-order chi connectivity index (χ1) is 9.22. The van der Waals surface area contributed by atoms with Crippen molar-refractivity contribution in [2.75, 3.05) is 13.7 Å². The van der Waals surface area contributed by atoms with Crippen LogP contribution in [-0.4, -0.2) is 31.6 Å². The van der Waals surface area contributed by atoms with Crippen molar-refractivity contribution in [2.24, 2.45) is 0 Å². The fourth-order valence-corrected chi connectivity index (χ4v) is 2.52. The molecule has 104 valence electrons. The zero-order valence-electron chi connectivity index (χ0n) is 11.6. The molecule has 2 rings (SSSR count). The number of carbonyl (C=O) groups is 1. The zero-order valence-corrected chi connectivity index (χ0v) is 11.6. The maximum Gasteiger partial charge on any atom is 0.255 e. The Bertz CT molecular complexity index is 428. The zero-order chi connectivity index (χ0) is 13.7. The topological polar surface area (TPSA) is 50.4 Å². The number of ether oxygens (including phenoxy) is 1. The minimum Gasteiger partial charge on any atom is -0.496 e. The van der Waals surface area contributed by atoms with E-state index in [9.17, 15) is 4.79 Å². The summed E-state index contributed by atoms with van der Waals surface area (Å²) in [6.45, 7) is 3.09. The van der Waals surface area contributed by atoms with E-state index in [2.05, 4.69) is 17.6 Å². The lowest BCUT2D eigenvalue weighted by atomic mass is 9.99. The molecule has 4 nitrogen and oxygen atoms in total. The van der Waals surface area contributed by atoms with E-state index in [-0.39, 0.29) is 11.9 Å². The molecule has 0 aliphatic carbocycles. The molecule has 2 atom stereocenters. The van der Waals surface area contributed by atoms with Gasteiger partial charge in [0.2, 0.25) is 0 Å². The van der Waals surface area contributed by atoms with Crippen LogP contribution >= 0.6 is 0 Å². The number of carbonyl (C=O) groups excluding carboxylic acids is 1. The number of hydrogen-bond acceptors (Lipinski definition) is 3. The lowest BCUT2D eigenvalue weighted by Crippen LogP contribution is -2.50. The van der Waals surface area contributed by atoms with Crippen molar-refractivity contribution in [2.45, 2.75) is 38.3 Å². The maximum absolute atomic E-state index is 12.3. The van der Waals surface area contributed by atoms with E-state index < -0.39 is 0 Å². The molecule has 2 unspecified atom stereocenters. The summed E-state index contributed by atoms with van der Waals surface area (Å²) in [5.74, 6) is 0.543. The third kappa shape index (κ3) is 3.47. The molecule has 0 bridgehead atoms. The Labute approximate surface area is 114 Å². The van der Waals surface area contributed by atoms with Crippen LogP contribution in [0.15, 0.2) is 24.3 Å². The predicted octanol–water partition coefficient (Wildman–Crippen LogP) is 1.96. The first-order valence-electron chi connectivity index (χ1n) is 6.89. The van der Waals surface area contributed by atoms with Gasteiger partial charge >= 0.3 is 0 Å². The van der Waals surface area contributed by atoms with Gasteiger partial charge in [-0.1, -0.05) is 18.6 Å². The second-order valence-electron chi connectivity index (χ2n) is 5.02. The van der Waals surface area contributed by atoms with E-state index in [0.29, 0.717) is 17.4 Å². The third-order valence-corrected chi connectivity index (χ3v) is 3.66. The molecule has 1 aliphatic heterocycles. The number of hydrogen-bond donors (Lipinski definition) is 2. The Morgan fingerprint density at radius 2 is 2.21 bits per heavy atom. The van der Waals surface area contributed by atoms with Gasteiger partial charge in [-0.25, -0.2) is 0 Å². The number of piperidine rings is 1. The molecular formula is C15H22N2O2. The highest BCUT2D eigenvalue weighted by molar-refractivity contribution is 5.97. The molecule has 0 aromatic heterocycles. The molecule has 0 spiro atoms. The molecular weight excluding hydrogens is 240 g/mol. The minimum atomic E-state index is -0.0719. The molecule has 1 amide bonds. The number of nitrogens with one attached hydrogen (secondary N) is 2. The summed E-state index contributed by atoms with van der Waals surface area (Å²) in [5, 5.41) is 6.52. The molecule has 1 aliphatic rings. The summed E-state index contributed by atoms with van der Waals surface area (Å²) in [6, 6.07) is 7.79. The maximum atomic E-state index is 12.3. The monoisotopic (exact) mass is 262 g/mol. The lowest BCUT2D eigenvalue weighted by molar-refractivity contribution is 0.0925. The molecule has 1 saturated heterocycles. The Kier molecular flexibility index (Phi) is 4.80. The average Bonchev–Trinajstić information content (AvgIpc) is 2.48. The van der Waals surface area contributed by atoms with Crippen LogP contribution in [0.1, 0.15) is 36.5 Å². The number of rotatable bonds is 4. The summed E-state index contributed by atoms with van der Waals surface area (Å²) in [7, 11) is 1.58. The van der Waals surface area contributed by atoms with Crippen LogP contribution in [0.4, 0.5) is 0 Å². The number of benzene rings is 1. The normalized spacial score (nSPS) is 20.6. The largest absolute Gasteiger partial charge is 0.496 e. The van der Waals surface area contributed by atoms with Crippen LogP contribution in [0.3, 0.4) is 0 Å². The van der Waals surface area contributed by atoms with E-state index in [1.807, 2.05) is 12.1 Å². The Hall–Kier alpha value is -1.55. The van der Waals surface area contributed by atoms with Gasteiger partial charge in [-0.3, -0.25) is 4.79 Å². The van der Waals surface area contributed by atoms with Crippen LogP contribution in [0.25, 0.3) is 0 Å². The fraction of sp³-hybridized carbons (Fsp3) is 0.533. The average molecular weight is 262 g/mol. The summed E-state index contributed by atoms with van der Waals surface area (Å²) >= 11 is 0. The highest BCUT2D eigenvalue weighted by atomic mass is 16.5. The molecule has 2 N–H and O–H groups in total. The van der Waals surface area contributed by atoms with Crippen molar-refractivity contribution in [1.82, 2.24) is 10.6 Å². The van der Waals surface area contributed by atoms with E-state index in [1.54, 1.807) is 19.2 Å². The van der Waals surface area contributed by atoms with Crippen LogP contribution in [0, 0.1) is 0 Å². The number of amides is 1. The summed E-state index contributed by atoms with van der Waals surface area (Å²) in [4.78, 5) is 12.3. The van der Waals surface area contributed by atoms with Gasteiger partial charge in [0.1, 0.15) is 5.75 Å². The lowest BCUT2D eigenvalue weighted by Gasteiger charge is -2.29. The second kappa shape index (κ2) is 6.57. The smallest absolute Gasteiger partial charge is 0.255 e. The molecule has 1 fully saturated rings. The highest BCUT2D eigenvalue weighted by Gasteiger charge is 2.22. The number of methoxy groups -OCH3 is 1. The first kappa shape index (κ1) is 13.9. The van der Waals surface area contributed by atoms with Crippen LogP contribution in [-0.2, 0) is 0 Å². The fourth-order valence-electron chi connectivity index (χ4n) is 2.52.